The van der Waals surface area contributed by atoms with E-state index in [1.165, 1.54) is 12.1 Å². The van der Waals surface area contributed by atoms with Crippen LogP contribution in [-0.2, 0) is 34.3 Å². The molecule has 1 aliphatic heterocycles. The third-order valence-corrected chi connectivity index (χ3v) is 4.27. The van der Waals surface area contributed by atoms with Crippen LogP contribution in [0.25, 0.3) is 0 Å². The second-order valence-electron chi connectivity index (χ2n) is 5.39. The number of carbonyl (C=O) groups is 2. The summed E-state index contributed by atoms with van der Waals surface area (Å²) in [7, 11) is -5.63. The molecule has 1 atom stereocenters. The van der Waals surface area contributed by atoms with Crippen molar-refractivity contribution in [3.8, 4) is 0 Å². The van der Waals surface area contributed by atoms with Crippen LogP contribution in [0.3, 0.4) is 0 Å². The summed E-state index contributed by atoms with van der Waals surface area (Å²) >= 11 is 0. The van der Waals surface area contributed by atoms with E-state index in [2.05, 4.69) is 4.18 Å². The van der Waals surface area contributed by atoms with E-state index in [0.717, 1.165) is 12.1 Å². The van der Waals surface area contributed by atoms with E-state index in [9.17, 15) is 18.0 Å². The molecular weight excluding hydrogens is 398 g/mol. The van der Waals surface area contributed by atoms with E-state index in [-0.39, 0.29) is 17.7 Å². The van der Waals surface area contributed by atoms with Gasteiger partial charge in [0.05, 0.1) is 23.1 Å². The normalized spacial score (nSPS) is 23.4. The molecule has 29 heavy (non-hydrogen) atoms. The molecule has 0 saturated heterocycles. The SMILES string of the molecule is [2H]c1c([2H])c([2H])c(C([2H])([2H])S(=O)(=O)OC2=C(N)O[C@]([2H])(c3ccc(C(=O)OCC)cc3)C2=O)c([2H])c1[2H]. The lowest BCUT2D eigenvalue weighted by atomic mass is 10.0. The van der Waals surface area contributed by atoms with Gasteiger partial charge in [-0.15, -0.1) is 0 Å². The summed E-state index contributed by atoms with van der Waals surface area (Å²) in [6.07, 6.45) is -2.66. The Morgan fingerprint density at radius 3 is 2.55 bits per heavy atom. The third-order valence-electron chi connectivity index (χ3n) is 3.43. The lowest BCUT2D eigenvalue weighted by Gasteiger charge is -2.10. The maximum absolute atomic E-state index is 13.0. The molecule has 0 saturated carbocycles. The maximum atomic E-state index is 13.0. The summed E-state index contributed by atoms with van der Waals surface area (Å²) in [6.45, 7) is 1.71. The molecule has 0 spiro atoms. The lowest BCUT2D eigenvalue weighted by molar-refractivity contribution is -0.123. The predicted molar refractivity (Wildman–Crippen MR) is 103 cm³/mol. The number of ether oxygens (including phenoxy) is 2. The summed E-state index contributed by atoms with van der Waals surface area (Å²) in [5, 5.41) is 0. The number of carbonyl (C=O) groups excluding carboxylic acids is 2. The highest BCUT2D eigenvalue weighted by Crippen LogP contribution is 2.32. The summed E-state index contributed by atoms with van der Waals surface area (Å²) < 4.78 is 103. The van der Waals surface area contributed by atoms with Gasteiger partial charge in [-0.25, -0.2) is 4.79 Å². The zero-order valence-electron chi connectivity index (χ0n) is 22.9. The fourth-order valence-corrected chi connectivity index (χ4v) is 2.99. The first-order valence-electron chi connectivity index (χ1n) is 12.0. The summed E-state index contributed by atoms with van der Waals surface area (Å²) in [4.78, 5) is 24.8. The van der Waals surface area contributed by atoms with Gasteiger partial charge in [0.2, 0.25) is 17.4 Å². The van der Waals surface area contributed by atoms with Crippen molar-refractivity contribution in [2.24, 2.45) is 5.73 Å². The predicted octanol–water partition coefficient (Wildman–Crippen LogP) is 2.18. The second-order valence-corrected chi connectivity index (χ2v) is 6.67. The summed E-state index contributed by atoms with van der Waals surface area (Å²) in [5.74, 6) is -4.33. The molecule has 152 valence electrons. The van der Waals surface area contributed by atoms with Crippen LogP contribution < -0.4 is 5.73 Å². The quantitative estimate of drug-likeness (QED) is 0.529. The van der Waals surface area contributed by atoms with Crippen LogP contribution in [0.5, 0.6) is 0 Å². The van der Waals surface area contributed by atoms with Crippen LogP contribution in [0.15, 0.2) is 66.1 Å². The van der Waals surface area contributed by atoms with E-state index >= 15 is 0 Å². The maximum Gasteiger partial charge on any atom is 0.338 e. The first-order chi connectivity index (χ1) is 17.0. The molecule has 0 radical (unpaired) electrons. The molecular formula is C20H19NO7S. The van der Waals surface area contributed by atoms with Gasteiger partial charge in [-0.2, -0.15) is 8.42 Å². The third kappa shape index (κ3) is 4.75. The van der Waals surface area contributed by atoms with Crippen molar-refractivity contribution in [2.75, 3.05) is 6.61 Å². The fraction of sp³-hybridized carbons (Fsp3) is 0.200. The van der Waals surface area contributed by atoms with Gasteiger partial charge >= 0.3 is 16.1 Å². The zero-order valence-corrected chi connectivity index (χ0v) is 15.7. The van der Waals surface area contributed by atoms with E-state index in [1.807, 2.05) is 0 Å². The van der Waals surface area contributed by atoms with Gasteiger partial charge in [-0.3, -0.25) is 4.79 Å². The standard InChI is InChI=1S/C20H19NO7S/c1-2-26-20(23)15-10-8-14(9-11-15)17-16(22)18(19(21)27-17)28-29(24,25)12-13-6-4-3-5-7-13/h3-11,17H,2,12,21H2,1H3/t17-/m1/s1/i3D,4D,5D,6D,7D,12D2,17D. The molecule has 2 aromatic rings. The first-order valence-corrected chi connectivity index (χ1v) is 9.44. The lowest BCUT2D eigenvalue weighted by Crippen LogP contribution is -2.16. The van der Waals surface area contributed by atoms with Crippen molar-refractivity contribution in [1.29, 1.82) is 0 Å². The fourth-order valence-electron chi connectivity index (χ4n) is 2.22. The summed E-state index contributed by atoms with van der Waals surface area (Å²) in [5.41, 5.74) is 0.480. The second kappa shape index (κ2) is 8.36. The van der Waals surface area contributed by atoms with Crippen LogP contribution in [0.2, 0.25) is 0 Å². The highest BCUT2D eigenvalue weighted by atomic mass is 32.2. The Morgan fingerprint density at radius 1 is 1.28 bits per heavy atom. The molecule has 0 aromatic heterocycles. The van der Waals surface area contributed by atoms with Gasteiger partial charge in [-0.05, 0) is 24.6 Å². The molecule has 1 heterocycles. The molecule has 0 bridgehead atoms. The first kappa shape index (κ1) is 12.3. The number of Topliss-reactive ketones (excluding diaryl/α,β-unsaturated/α-hetero) is 1. The Kier molecular flexibility index (Phi) is 3.54. The van der Waals surface area contributed by atoms with Crippen molar-refractivity contribution >= 4 is 21.9 Å². The average Bonchev–Trinajstić information content (AvgIpc) is 3.05. The number of esters is 1. The molecule has 0 aliphatic carbocycles. The molecule has 0 unspecified atom stereocenters. The van der Waals surface area contributed by atoms with Crippen molar-refractivity contribution in [1.82, 2.24) is 0 Å². The van der Waals surface area contributed by atoms with E-state index in [0.29, 0.717) is 0 Å². The van der Waals surface area contributed by atoms with Crippen molar-refractivity contribution in [3.05, 3.63) is 82.8 Å². The van der Waals surface area contributed by atoms with Gasteiger partial charge in [0, 0.05) is 5.56 Å². The molecule has 3 rings (SSSR count). The molecule has 0 amide bonds. The Hall–Kier alpha value is -3.33. The highest BCUT2D eigenvalue weighted by Gasteiger charge is 2.39. The van der Waals surface area contributed by atoms with Crippen LogP contribution in [0.1, 0.15) is 45.5 Å². The zero-order chi connectivity index (χ0) is 28.1. The minimum absolute atomic E-state index is 0.0893. The van der Waals surface area contributed by atoms with Crippen LogP contribution >= 0.6 is 0 Å². The van der Waals surface area contributed by atoms with Crippen LogP contribution in [0.4, 0.5) is 0 Å². The Bertz CT molecular complexity index is 1410. The minimum Gasteiger partial charge on any atom is -0.462 e. The number of hydrogen-bond donors (Lipinski definition) is 1. The number of ketones is 1. The van der Waals surface area contributed by atoms with Gasteiger partial charge in [0.15, 0.2) is 6.08 Å². The van der Waals surface area contributed by atoms with E-state index in [1.54, 1.807) is 6.92 Å². The number of rotatable bonds is 7. The Labute approximate surface area is 179 Å². The van der Waals surface area contributed by atoms with Gasteiger partial charge in [0.25, 0.3) is 0 Å². The number of nitrogens with two attached hydrogens (primary N) is 1. The van der Waals surface area contributed by atoms with Crippen molar-refractivity contribution in [2.45, 2.75) is 18.7 Å². The number of benzene rings is 2. The Morgan fingerprint density at radius 2 is 1.93 bits per heavy atom. The molecule has 9 heteroatoms. The summed E-state index contributed by atoms with van der Waals surface area (Å²) in [6, 6.07) is -0.386. The van der Waals surface area contributed by atoms with Gasteiger partial charge < -0.3 is 19.4 Å². The molecule has 2 aromatic carbocycles. The molecule has 8 nitrogen and oxygen atoms in total. The van der Waals surface area contributed by atoms with Gasteiger partial charge in [0.1, 0.15) is 5.70 Å². The molecule has 1 aliphatic rings. The molecule has 0 fully saturated rings. The van der Waals surface area contributed by atoms with E-state index in [4.69, 9.17) is 26.2 Å². The van der Waals surface area contributed by atoms with Crippen LogP contribution in [-0.4, -0.2) is 26.8 Å². The largest absolute Gasteiger partial charge is 0.462 e. The minimum atomic E-state index is -5.63. The van der Waals surface area contributed by atoms with E-state index < -0.39 is 81.1 Å². The highest BCUT2D eigenvalue weighted by molar-refractivity contribution is 7.86. The topological polar surface area (TPSA) is 122 Å². The Balaban J connectivity index is 1.97. The smallest absolute Gasteiger partial charge is 0.338 e. The number of hydrogen-bond acceptors (Lipinski definition) is 8. The monoisotopic (exact) mass is 425 g/mol. The molecule has 2 N–H and O–H groups in total. The average molecular weight is 425 g/mol. The van der Waals surface area contributed by atoms with Crippen molar-refractivity contribution in [3.63, 3.8) is 0 Å². The van der Waals surface area contributed by atoms with Gasteiger partial charge in [-0.1, -0.05) is 42.3 Å². The van der Waals surface area contributed by atoms with Crippen LogP contribution in [0, 0.1) is 0 Å². The van der Waals surface area contributed by atoms with Crippen molar-refractivity contribution < 1.29 is 42.6 Å².